The predicted octanol–water partition coefficient (Wildman–Crippen LogP) is 4.54. The number of rotatable bonds is 7. The van der Waals surface area contributed by atoms with Crippen LogP contribution in [-0.2, 0) is 11.2 Å². The molecule has 0 atom stereocenters. The Morgan fingerprint density at radius 2 is 1.85 bits per heavy atom. The number of para-hydroxylation sites is 1. The molecule has 0 saturated carbocycles. The third-order valence-corrected chi connectivity index (χ3v) is 4.54. The molecule has 4 nitrogen and oxygen atoms in total. The predicted molar refractivity (Wildman–Crippen MR) is 95.1 cm³/mol. The van der Waals surface area contributed by atoms with Crippen LogP contribution in [-0.4, -0.2) is 32.1 Å². The first kappa shape index (κ1) is 20.0. The molecule has 0 saturated heterocycles. The van der Waals surface area contributed by atoms with Crippen LogP contribution in [0.5, 0.6) is 11.5 Å². The highest BCUT2D eigenvalue weighted by Gasteiger charge is 2.27. The van der Waals surface area contributed by atoms with Crippen LogP contribution in [0.1, 0.15) is 5.56 Å². The lowest BCUT2D eigenvalue weighted by Gasteiger charge is -2.13. The fourth-order valence-corrected chi connectivity index (χ4v) is 2.99. The lowest BCUT2D eigenvalue weighted by molar-refractivity contribution is -0.115. The van der Waals surface area contributed by atoms with Gasteiger partial charge in [0.1, 0.15) is 11.5 Å². The Kier molecular flexibility index (Phi) is 6.79. The van der Waals surface area contributed by atoms with Crippen LogP contribution >= 0.6 is 11.8 Å². The van der Waals surface area contributed by atoms with E-state index in [1.54, 1.807) is 42.5 Å². The van der Waals surface area contributed by atoms with Crippen molar-refractivity contribution in [2.45, 2.75) is 17.5 Å². The number of hydrogen-bond donors (Lipinski definition) is 1. The molecule has 0 heterocycles. The first-order chi connectivity index (χ1) is 12.3. The van der Waals surface area contributed by atoms with E-state index in [1.165, 1.54) is 14.2 Å². The van der Waals surface area contributed by atoms with Crippen molar-refractivity contribution >= 4 is 23.4 Å². The minimum atomic E-state index is -4.28. The van der Waals surface area contributed by atoms with Gasteiger partial charge in [-0.2, -0.15) is 13.2 Å². The minimum absolute atomic E-state index is 0.0193. The summed E-state index contributed by atoms with van der Waals surface area (Å²) in [5.74, 6) is -0.278. The van der Waals surface area contributed by atoms with Gasteiger partial charge in [0.2, 0.25) is 5.91 Å². The molecule has 0 radical (unpaired) electrons. The van der Waals surface area contributed by atoms with Gasteiger partial charge >= 0.3 is 6.18 Å². The monoisotopic (exact) mass is 385 g/mol. The number of benzene rings is 2. The number of carbonyl (C=O) groups excluding carboxylic acids is 1. The summed E-state index contributed by atoms with van der Waals surface area (Å²) in [6.07, 6.45) is -4.26. The number of amides is 1. The number of halogens is 3. The van der Waals surface area contributed by atoms with Crippen LogP contribution in [0.2, 0.25) is 0 Å². The molecule has 140 valence electrons. The first-order valence-electron chi connectivity index (χ1n) is 7.61. The third-order valence-electron chi connectivity index (χ3n) is 3.40. The lowest BCUT2D eigenvalue weighted by Crippen LogP contribution is -2.16. The highest BCUT2D eigenvalue weighted by atomic mass is 32.2. The Morgan fingerprint density at radius 3 is 2.50 bits per heavy atom. The molecule has 2 aromatic carbocycles. The maximum absolute atomic E-state index is 12.4. The zero-order valence-electron chi connectivity index (χ0n) is 14.2. The van der Waals surface area contributed by atoms with Gasteiger partial charge in [0.15, 0.2) is 0 Å². The Bertz CT molecular complexity index is 766. The standard InChI is InChI=1S/C18H18F3NO3S/c1-24-13-8-7-12(15(10-13)25-2)9-17(23)22-14-5-3-4-6-16(14)26-11-18(19,20)21/h3-8,10H,9,11H2,1-2H3,(H,22,23). The molecule has 0 aliphatic heterocycles. The molecule has 0 bridgehead atoms. The van der Waals surface area contributed by atoms with Crippen LogP contribution in [0.4, 0.5) is 18.9 Å². The van der Waals surface area contributed by atoms with Crippen molar-refractivity contribution in [3.05, 3.63) is 48.0 Å². The summed E-state index contributed by atoms with van der Waals surface area (Å²) in [5.41, 5.74) is 0.991. The van der Waals surface area contributed by atoms with Crippen molar-refractivity contribution < 1.29 is 27.4 Å². The molecule has 0 aliphatic rings. The average Bonchev–Trinajstić information content (AvgIpc) is 2.60. The normalized spacial score (nSPS) is 11.1. The molecule has 0 fully saturated rings. The largest absolute Gasteiger partial charge is 0.497 e. The summed E-state index contributed by atoms with van der Waals surface area (Å²) < 4.78 is 47.7. The van der Waals surface area contributed by atoms with E-state index in [4.69, 9.17) is 9.47 Å². The Morgan fingerprint density at radius 1 is 1.12 bits per heavy atom. The molecule has 0 unspecified atom stereocenters. The maximum atomic E-state index is 12.4. The molecule has 0 aromatic heterocycles. The molecular formula is C18H18F3NO3S. The Balaban J connectivity index is 2.09. The summed E-state index contributed by atoms with van der Waals surface area (Å²) in [5, 5.41) is 2.66. The third kappa shape index (κ3) is 5.87. The van der Waals surface area contributed by atoms with Gasteiger partial charge in [0, 0.05) is 16.5 Å². The van der Waals surface area contributed by atoms with E-state index in [1.807, 2.05) is 0 Å². The lowest BCUT2D eigenvalue weighted by atomic mass is 10.1. The highest BCUT2D eigenvalue weighted by Crippen LogP contribution is 2.32. The van der Waals surface area contributed by atoms with Gasteiger partial charge in [0.25, 0.3) is 0 Å². The fourth-order valence-electron chi connectivity index (χ4n) is 2.22. The Labute approximate surface area is 153 Å². The van der Waals surface area contributed by atoms with Crippen LogP contribution in [0.3, 0.4) is 0 Å². The van der Waals surface area contributed by atoms with E-state index in [0.29, 0.717) is 39.4 Å². The average molecular weight is 385 g/mol. The number of anilines is 1. The summed E-state index contributed by atoms with van der Waals surface area (Å²) in [7, 11) is 3.01. The molecular weight excluding hydrogens is 367 g/mol. The number of alkyl halides is 3. The van der Waals surface area contributed by atoms with E-state index in [-0.39, 0.29) is 12.3 Å². The number of hydrogen-bond acceptors (Lipinski definition) is 4. The molecule has 8 heteroatoms. The molecule has 1 amide bonds. The number of nitrogens with one attached hydrogen (secondary N) is 1. The van der Waals surface area contributed by atoms with Gasteiger partial charge in [-0.1, -0.05) is 18.2 Å². The number of ether oxygens (including phenoxy) is 2. The molecule has 0 spiro atoms. The molecule has 1 N–H and O–H groups in total. The topological polar surface area (TPSA) is 47.6 Å². The second-order valence-electron chi connectivity index (χ2n) is 5.30. The van der Waals surface area contributed by atoms with Crippen molar-refractivity contribution in [3.8, 4) is 11.5 Å². The van der Waals surface area contributed by atoms with E-state index >= 15 is 0 Å². The Hall–Kier alpha value is -2.35. The van der Waals surface area contributed by atoms with E-state index in [0.717, 1.165) is 0 Å². The van der Waals surface area contributed by atoms with Crippen molar-refractivity contribution in [2.75, 3.05) is 25.3 Å². The van der Waals surface area contributed by atoms with Gasteiger partial charge < -0.3 is 14.8 Å². The van der Waals surface area contributed by atoms with Crippen molar-refractivity contribution in [1.29, 1.82) is 0 Å². The van der Waals surface area contributed by atoms with Gasteiger partial charge in [-0.15, -0.1) is 11.8 Å². The smallest absolute Gasteiger partial charge is 0.398 e. The van der Waals surface area contributed by atoms with Crippen LogP contribution in [0.15, 0.2) is 47.4 Å². The quantitative estimate of drug-likeness (QED) is 0.711. The number of carbonyl (C=O) groups is 1. The van der Waals surface area contributed by atoms with Gasteiger partial charge in [-0.05, 0) is 18.2 Å². The molecule has 0 aliphatic carbocycles. The maximum Gasteiger partial charge on any atom is 0.398 e. The second kappa shape index (κ2) is 8.84. The number of methoxy groups -OCH3 is 2. The van der Waals surface area contributed by atoms with Crippen LogP contribution < -0.4 is 14.8 Å². The second-order valence-corrected chi connectivity index (χ2v) is 6.32. The van der Waals surface area contributed by atoms with E-state index in [9.17, 15) is 18.0 Å². The zero-order valence-corrected chi connectivity index (χ0v) is 15.0. The van der Waals surface area contributed by atoms with Gasteiger partial charge in [0.05, 0.1) is 32.1 Å². The van der Waals surface area contributed by atoms with Crippen LogP contribution in [0, 0.1) is 0 Å². The molecule has 2 aromatic rings. The van der Waals surface area contributed by atoms with Gasteiger partial charge in [-0.3, -0.25) is 4.79 Å². The number of thioether (sulfide) groups is 1. The van der Waals surface area contributed by atoms with E-state index in [2.05, 4.69) is 5.32 Å². The molecule has 2 rings (SSSR count). The zero-order chi connectivity index (χ0) is 19.2. The van der Waals surface area contributed by atoms with Crippen molar-refractivity contribution in [3.63, 3.8) is 0 Å². The van der Waals surface area contributed by atoms with Gasteiger partial charge in [-0.25, -0.2) is 0 Å². The summed E-state index contributed by atoms with van der Waals surface area (Å²) in [6, 6.07) is 11.5. The van der Waals surface area contributed by atoms with Crippen molar-refractivity contribution in [1.82, 2.24) is 0 Å². The van der Waals surface area contributed by atoms with E-state index < -0.39 is 11.9 Å². The first-order valence-corrected chi connectivity index (χ1v) is 8.60. The summed E-state index contributed by atoms with van der Waals surface area (Å²) in [6.45, 7) is 0. The minimum Gasteiger partial charge on any atom is -0.497 e. The molecule has 26 heavy (non-hydrogen) atoms. The fraction of sp³-hybridized carbons (Fsp3) is 0.278. The SMILES string of the molecule is COc1ccc(CC(=O)Nc2ccccc2SCC(F)(F)F)c(OC)c1. The highest BCUT2D eigenvalue weighted by molar-refractivity contribution is 7.99. The van der Waals surface area contributed by atoms with Crippen LogP contribution in [0.25, 0.3) is 0 Å². The van der Waals surface area contributed by atoms with Crippen molar-refractivity contribution in [2.24, 2.45) is 0 Å². The summed E-state index contributed by atoms with van der Waals surface area (Å²) in [4.78, 5) is 12.7. The summed E-state index contributed by atoms with van der Waals surface area (Å²) >= 11 is 0.634.